The first-order valence-corrected chi connectivity index (χ1v) is 12.5. The maximum Gasteiger partial charge on any atom is 0.379 e. The third-order valence-corrected chi connectivity index (χ3v) is 7.18. The van der Waals surface area contributed by atoms with Crippen LogP contribution >= 0.6 is 0 Å². The number of amides is 1. The highest BCUT2D eigenvalue weighted by atomic mass is 16.9. The van der Waals surface area contributed by atoms with Gasteiger partial charge < -0.3 is 5.21 Å². The maximum absolute atomic E-state index is 14.4. The quantitative estimate of drug-likeness (QED) is 0.230. The minimum absolute atomic E-state index is 0.394. The average Bonchev–Trinajstić information content (AvgIpc) is 3.45. The van der Waals surface area contributed by atoms with Gasteiger partial charge in [0.2, 0.25) is 0 Å². The van der Waals surface area contributed by atoms with Crippen LogP contribution in [0.4, 0.5) is 0 Å². The van der Waals surface area contributed by atoms with E-state index in [0.717, 1.165) is 48.3 Å². The minimum atomic E-state index is -1.45. The Morgan fingerprint density at radius 2 is 1.58 bits per heavy atom. The molecule has 1 aliphatic rings. The van der Waals surface area contributed by atoms with Gasteiger partial charge >= 0.3 is 5.91 Å². The highest BCUT2D eigenvalue weighted by molar-refractivity contribution is 6.06. The largest absolute Gasteiger partial charge is 0.590 e. The van der Waals surface area contributed by atoms with Gasteiger partial charge in [-0.05, 0) is 38.9 Å². The molecule has 6 heteroatoms. The molecule has 5 rings (SSSR count). The lowest BCUT2D eigenvalue weighted by Crippen LogP contribution is -2.49. The van der Waals surface area contributed by atoms with E-state index in [1.165, 1.54) is 7.11 Å². The Hall–Kier alpha value is -3.42. The van der Waals surface area contributed by atoms with Crippen LogP contribution < -0.4 is 0 Å². The first-order chi connectivity index (χ1) is 17.5. The van der Waals surface area contributed by atoms with Crippen molar-refractivity contribution in [1.29, 1.82) is 0 Å². The number of carbonyl (C=O) groups is 1. The smallest absolute Gasteiger partial charge is 0.379 e. The second kappa shape index (κ2) is 10.3. The zero-order chi connectivity index (χ0) is 25.1. The summed E-state index contributed by atoms with van der Waals surface area (Å²) in [7, 11) is 1.31. The van der Waals surface area contributed by atoms with Crippen LogP contribution in [0.25, 0.3) is 22.2 Å². The number of hydrogen-bond acceptors (Lipinski definition) is 5. The van der Waals surface area contributed by atoms with Crippen molar-refractivity contribution in [3.8, 4) is 11.3 Å². The van der Waals surface area contributed by atoms with E-state index < -0.39 is 16.8 Å². The van der Waals surface area contributed by atoms with E-state index in [4.69, 9.17) is 9.82 Å². The molecule has 1 aromatic heterocycles. The maximum atomic E-state index is 14.4. The molecule has 184 valence electrons. The van der Waals surface area contributed by atoms with Crippen molar-refractivity contribution in [3.05, 3.63) is 107 Å². The van der Waals surface area contributed by atoms with Gasteiger partial charge in [0.05, 0.1) is 23.9 Å². The van der Waals surface area contributed by atoms with Crippen LogP contribution in [-0.4, -0.2) is 40.8 Å². The van der Waals surface area contributed by atoms with Crippen LogP contribution in [0.5, 0.6) is 0 Å². The molecule has 4 aromatic rings. The molecular formula is C30H31N3O3. The van der Waals surface area contributed by atoms with Gasteiger partial charge in [-0.1, -0.05) is 78.9 Å². The van der Waals surface area contributed by atoms with E-state index in [1.54, 1.807) is 6.92 Å². The predicted molar refractivity (Wildman–Crippen MR) is 142 cm³/mol. The molecule has 0 spiro atoms. The molecule has 2 unspecified atom stereocenters. The zero-order valence-electron chi connectivity index (χ0n) is 20.8. The Balaban J connectivity index is 1.75. The first-order valence-electron chi connectivity index (χ1n) is 12.5. The van der Waals surface area contributed by atoms with Crippen LogP contribution in [0.1, 0.15) is 47.3 Å². The number of hydrogen-bond donors (Lipinski definition) is 0. The lowest BCUT2D eigenvalue weighted by atomic mass is 9.94. The van der Waals surface area contributed by atoms with Crippen LogP contribution in [0.3, 0.4) is 0 Å². The number of benzene rings is 3. The molecule has 1 aliphatic heterocycles. The third-order valence-electron chi connectivity index (χ3n) is 7.18. The fourth-order valence-electron chi connectivity index (χ4n) is 5.15. The minimum Gasteiger partial charge on any atom is -0.590 e. The topological polar surface area (TPSA) is 65.5 Å². The SMILES string of the molecule is CO[N+]([O-])(C(=O)c1c(CN2CCCC2)c(-c2ccccc2)nc2ccccc12)C(C)c1ccccc1. The molecule has 0 bridgehead atoms. The molecule has 0 radical (unpaired) electrons. The molecule has 0 N–H and O–H groups in total. The molecule has 3 aromatic carbocycles. The van der Waals surface area contributed by atoms with Gasteiger partial charge in [-0.15, -0.1) is 4.81 Å². The Bertz CT molecular complexity index is 1350. The van der Waals surface area contributed by atoms with E-state index in [9.17, 15) is 10.0 Å². The second-order valence-electron chi connectivity index (χ2n) is 9.35. The monoisotopic (exact) mass is 481 g/mol. The molecule has 1 saturated heterocycles. The number of likely N-dealkylation sites (tertiary alicyclic amines) is 1. The molecule has 1 amide bonds. The summed E-state index contributed by atoms with van der Waals surface area (Å²) >= 11 is 0. The van der Waals surface area contributed by atoms with Gasteiger partial charge in [0.15, 0.2) is 0 Å². The summed E-state index contributed by atoms with van der Waals surface area (Å²) < 4.78 is 0. The van der Waals surface area contributed by atoms with Crippen molar-refractivity contribution < 1.29 is 14.4 Å². The van der Waals surface area contributed by atoms with E-state index >= 15 is 0 Å². The summed E-state index contributed by atoms with van der Waals surface area (Å²) in [6.45, 7) is 4.20. The van der Waals surface area contributed by atoms with Crippen molar-refractivity contribution in [3.63, 3.8) is 0 Å². The van der Waals surface area contributed by atoms with E-state index in [-0.39, 0.29) is 0 Å². The molecule has 0 saturated carbocycles. The van der Waals surface area contributed by atoms with Crippen LogP contribution in [0, 0.1) is 5.21 Å². The third kappa shape index (κ3) is 4.45. The van der Waals surface area contributed by atoms with Crippen LogP contribution in [0.2, 0.25) is 0 Å². The Kier molecular flexibility index (Phi) is 6.94. The fraction of sp³-hybridized carbons (Fsp3) is 0.267. The van der Waals surface area contributed by atoms with E-state index in [1.807, 2.05) is 84.9 Å². The van der Waals surface area contributed by atoms with E-state index in [0.29, 0.717) is 23.0 Å². The summed E-state index contributed by atoms with van der Waals surface area (Å²) in [4.78, 5) is 25.8. The Morgan fingerprint density at radius 3 is 2.25 bits per heavy atom. The standard InChI is InChI=1S/C30H31N3O3/c1-22(23-13-5-3-6-14-23)33(35,36-2)30(34)28-25-17-9-10-18-27(25)31-29(24-15-7-4-8-16-24)26(28)21-32-19-11-12-20-32/h3-10,13-18,22H,11-12,19-21H2,1-2H3. The van der Waals surface area contributed by atoms with Crippen molar-refractivity contribution in [1.82, 2.24) is 9.88 Å². The lowest BCUT2D eigenvalue weighted by Gasteiger charge is -2.40. The Labute approximate surface area is 211 Å². The fourth-order valence-corrected chi connectivity index (χ4v) is 5.15. The number of para-hydroxylation sites is 1. The molecule has 0 aliphatic carbocycles. The lowest BCUT2D eigenvalue weighted by molar-refractivity contribution is -1.02. The number of hydroxylamine groups is 4. The normalized spacial score (nSPS) is 16.6. The molecule has 6 nitrogen and oxygen atoms in total. The summed E-state index contributed by atoms with van der Waals surface area (Å²) in [5, 5.41) is 15.0. The first kappa shape index (κ1) is 24.3. The summed E-state index contributed by atoms with van der Waals surface area (Å²) in [6.07, 6.45) is 2.24. The van der Waals surface area contributed by atoms with Crippen molar-refractivity contribution in [2.45, 2.75) is 32.4 Å². The molecule has 36 heavy (non-hydrogen) atoms. The molecule has 1 fully saturated rings. The highest BCUT2D eigenvalue weighted by Gasteiger charge is 2.41. The van der Waals surface area contributed by atoms with Crippen molar-refractivity contribution >= 4 is 16.8 Å². The summed E-state index contributed by atoms with van der Waals surface area (Å²) in [5.74, 6) is -0.612. The number of aromatic nitrogens is 1. The summed E-state index contributed by atoms with van der Waals surface area (Å²) in [6, 6.07) is 26.0. The predicted octanol–water partition coefficient (Wildman–Crippen LogP) is 6.28. The molecule has 2 atom stereocenters. The van der Waals surface area contributed by atoms with Gasteiger partial charge in [0.1, 0.15) is 6.04 Å². The number of fused-ring (bicyclic) bond motifs is 1. The zero-order valence-corrected chi connectivity index (χ0v) is 20.8. The van der Waals surface area contributed by atoms with Gasteiger partial charge in [-0.25, -0.2) is 9.78 Å². The number of nitrogens with zero attached hydrogens (tertiary/aromatic N) is 3. The van der Waals surface area contributed by atoms with Crippen molar-refractivity contribution in [2.75, 3.05) is 20.2 Å². The van der Waals surface area contributed by atoms with E-state index in [2.05, 4.69) is 4.90 Å². The number of quaternary nitrogens is 1. The number of rotatable bonds is 7. The van der Waals surface area contributed by atoms with Gasteiger partial charge in [-0.3, -0.25) is 4.90 Å². The highest BCUT2D eigenvalue weighted by Crippen LogP contribution is 2.37. The van der Waals surface area contributed by atoms with Crippen LogP contribution in [-0.2, 0) is 11.4 Å². The van der Waals surface area contributed by atoms with Crippen molar-refractivity contribution in [2.24, 2.45) is 0 Å². The number of carbonyl (C=O) groups excluding carboxylic acids is 1. The molecule has 2 heterocycles. The van der Waals surface area contributed by atoms with Gasteiger partial charge in [0.25, 0.3) is 0 Å². The average molecular weight is 482 g/mol. The summed E-state index contributed by atoms with van der Waals surface area (Å²) in [5.41, 5.74) is 4.25. The van der Waals surface area contributed by atoms with Crippen LogP contribution in [0.15, 0.2) is 84.9 Å². The van der Waals surface area contributed by atoms with Gasteiger partial charge in [-0.2, -0.15) is 4.84 Å². The second-order valence-corrected chi connectivity index (χ2v) is 9.35. The van der Waals surface area contributed by atoms with Gasteiger partial charge in [0, 0.05) is 28.6 Å². The number of pyridine rings is 1. The molecular weight excluding hydrogens is 450 g/mol. The Morgan fingerprint density at radius 1 is 0.972 bits per heavy atom.